The van der Waals surface area contributed by atoms with E-state index in [0.29, 0.717) is 31.1 Å². The van der Waals surface area contributed by atoms with Crippen molar-refractivity contribution in [3.63, 3.8) is 0 Å². The Bertz CT molecular complexity index is 486. The minimum atomic E-state index is -0.453. The van der Waals surface area contributed by atoms with Gasteiger partial charge < -0.3 is 14.2 Å². The van der Waals surface area contributed by atoms with E-state index >= 15 is 0 Å². The Balaban J connectivity index is 1.93. The van der Waals surface area contributed by atoms with Crippen LogP contribution in [0.4, 0.5) is 0 Å². The molecule has 7 nitrogen and oxygen atoms in total. The number of carbonyl (C=O) groups excluding carboxylic acids is 2. The normalized spacial score (nSPS) is 18.9. The van der Waals surface area contributed by atoms with Crippen molar-refractivity contribution in [2.24, 2.45) is 0 Å². The fourth-order valence-corrected chi connectivity index (χ4v) is 2.41. The summed E-state index contributed by atoms with van der Waals surface area (Å²) in [7, 11) is 1.35. The smallest absolute Gasteiger partial charge is 0.328 e. The van der Waals surface area contributed by atoms with Crippen LogP contribution < -0.4 is 0 Å². The van der Waals surface area contributed by atoms with Crippen molar-refractivity contribution in [2.45, 2.75) is 45.1 Å². The van der Waals surface area contributed by atoms with Crippen LogP contribution in [0.2, 0.25) is 0 Å². The summed E-state index contributed by atoms with van der Waals surface area (Å²) in [5.74, 6) is 0.586. The molecule has 1 fully saturated rings. The molecular weight excluding hydrogens is 262 g/mol. The highest BCUT2D eigenvalue weighted by molar-refractivity contribution is 5.84. The molecule has 7 heteroatoms. The molecule has 0 aromatic carbocycles. The lowest BCUT2D eigenvalue weighted by atomic mass is 10.0. The van der Waals surface area contributed by atoms with Gasteiger partial charge >= 0.3 is 5.97 Å². The molecule has 2 rings (SSSR count). The minimum Gasteiger partial charge on any atom is -0.467 e. The van der Waals surface area contributed by atoms with E-state index in [1.807, 2.05) is 0 Å². The molecule has 1 aliphatic heterocycles. The number of likely N-dealkylation sites (tertiary alicyclic amines) is 1. The average Bonchev–Trinajstić information content (AvgIpc) is 2.89. The summed E-state index contributed by atoms with van der Waals surface area (Å²) in [6.07, 6.45) is 3.17. The number of rotatable bonds is 4. The average molecular weight is 281 g/mol. The first kappa shape index (κ1) is 14.5. The van der Waals surface area contributed by atoms with Crippen molar-refractivity contribution in [3.8, 4) is 0 Å². The number of amides is 1. The van der Waals surface area contributed by atoms with Crippen molar-refractivity contribution < 1.29 is 18.8 Å². The Hall–Kier alpha value is -1.92. The topological polar surface area (TPSA) is 85.5 Å². The largest absolute Gasteiger partial charge is 0.467 e. The highest BCUT2D eigenvalue weighted by Gasteiger charge is 2.32. The third-order valence-electron chi connectivity index (χ3n) is 3.42. The van der Waals surface area contributed by atoms with Gasteiger partial charge in [0.15, 0.2) is 5.82 Å². The summed E-state index contributed by atoms with van der Waals surface area (Å²) < 4.78 is 9.74. The Morgan fingerprint density at radius 3 is 2.90 bits per heavy atom. The lowest BCUT2D eigenvalue weighted by Crippen LogP contribution is -2.48. The van der Waals surface area contributed by atoms with Gasteiger partial charge in [-0.15, -0.1) is 0 Å². The van der Waals surface area contributed by atoms with Crippen LogP contribution in [0.15, 0.2) is 4.52 Å². The van der Waals surface area contributed by atoms with Gasteiger partial charge in [-0.25, -0.2) is 4.79 Å². The Morgan fingerprint density at radius 1 is 1.45 bits per heavy atom. The van der Waals surface area contributed by atoms with E-state index in [0.717, 1.165) is 12.8 Å². The molecule has 20 heavy (non-hydrogen) atoms. The highest BCUT2D eigenvalue weighted by atomic mass is 16.5. The van der Waals surface area contributed by atoms with Crippen molar-refractivity contribution in [2.75, 3.05) is 13.7 Å². The van der Waals surface area contributed by atoms with Crippen LogP contribution >= 0.6 is 0 Å². The predicted octanol–water partition coefficient (Wildman–Crippen LogP) is 0.865. The maximum atomic E-state index is 12.2. The molecule has 2 heterocycles. The van der Waals surface area contributed by atoms with Gasteiger partial charge in [0, 0.05) is 19.4 Å². The first-order valence-corrected chi connectivity index (χ1v) is 6.78. The molecule has 1 aromatic rings. The highest BCUT2D eigenvalue weighted by Crippen LogP contribution is 2.19. The van der Waals surface area contributed by atoms with Crippen LogP contribution in [-0.2, 0) is 20.7 Å². The molecule has 1 unspecified atom stereocenters. The zero-order chi connectivity index (χ0) is 14.5. The summed E-state index contributed by atoms with van der Waals surface area (Å²) in [6, 6.07) is -0.453. The fourth-order valence-electron chi connectivity index (χ4n) is 2.41. The van der Waals surface area contributed by atoms with Gasteiger partial charge in [0.25, 0.3) is 0 Å². The molecule has 0 saturated carbocycles. The maximum absolute atomic E-state index is 12.2. The number of aryl methyl sites for hydroxylation is 2. The number of nitrogens with zero attached hydrogens (tertiary/aromatic N) is 3. The summed E-state index contributed by atoms with van der Waals surface area (Å²) in [5, 5.41) is 3.68. The van der Waals surface area contributed by atoms with Gasteiger partial charge in [-0.3, -0.25) is 4.79 Å². The molecule has 0 aliphatic carbocycles. The van der Waals surface area contributed by atoms with Gasteiger partial charge in [-0.05, 0) is 26.2 Å². The Kier molecular flexibility index (Phi) is 4.70. The minimum absolute atomic E-state index is 0.0732. The second-order valence-electron chi connectivity index (χ2n) is 4.86. The first-order valence-electron chi connectivity index (χ1n) is 6.78. The molecule has 1 saturated heterocycles. The van der Waals surface area contributed by atoms with E-state index < -0.39 is 6.04 Å². The lowest BCUT2D eigenvalue weighted by molar-refractivity contribution is -0.154. The Morgan fingerprint density at radius 2 is 2.25 bits per heavy atom. The summed E-state index contributed by atoms with van der Waals surface area (Å²) in [4.78, 5) is 29.6. The molecule has 1 aromatic heterocycles. The van der Waals surface area contributed by atoms with Crippen molar-refractivity contribution in [1.29, 1.82) is 0 Å². The second-order valence-corrected chi connectivity index (χ2v) is 4.86. The lowest BCUT2D eigenvalue weighted by Gasteiger charge is -2.33. The van der Waals surface area contributed by atoms with Crippen LogP contribution in [-0.4, -0.2) is 46.6 Å². The number of hydrogen-bond acceptors (Lipinski definition) is 6. The number of esters is 1. The predicted molar refractivity (Wildman–Crippen MR) is 68.7 cm³/mol. The number of ether oxygens (including phenoxy) is 1. The van der Waals surface area contributed by atoms with Crippen molar-refractivity contribution in [3.05, 3.63) is 11.7 Å². The van der Waals surface area contributed by atoms with E-state index in [4.69, 9.17) is 9.26 Å². The van der Waals surface area contributed by atoms with E-state index in [1.54, 1.807) is 11.8 Å². The maximum Gasteiger partial charge on any atom is 0.328 e. The second kappa shape index (κ2) is 6.49. The molecule has 110 valence electrons. The molecular formula is C13H19N3O4. The van der Waals surface area contributed by atoms with Gasteiger partial charge in [-0.1, -0.05) is 5.16 Å². The van der Waals surface area contributed by atoms with Gasteiger partial charge in [0.1, 0.15) is 6.04 Å². The summed E-state index contributed by atoms with van der Waals surface area (Å²) in [6.45, 7) is 2.33. The molecule has 1 atom stereocenters. The number of carbonyl (C=O) groups is 2. The zero-order valence-electron chi connectivity index (χ0n) is 11.8. The van der Waals surface area contributed by atoms with E-state index in [9.17, 15) is 9.59 Å². The third kappa shape index (κ3) is 3.34. The van der Waals surface area contributed by atoms with Gasteiger partial charge in [0.2, 0.25) is 11.8 Å². The fraction of sp³-hybridized carbons (Fsp3) is 0.692. The van der Waals surface area contributed by atoms with Gasteiger partial charge in [0.05, 0.1) is 7.11 Å². The standard InChI is InChI=1S/C13H19N3O4/c1-9-14-11(20-15-9)6-7-12(17)16-8-4-3-5-10(16)13(18)19-2/h10H,3-8H2,1-2H3. The van der Waals surface area contributed by atoms with Crippen LogP contribution in [0.25, 0.3) is 0 Å². The first-order chi connectivity index (χ1) is 9.61. The van der Waals surface area contributed by atoms with E-state index in [2.05, 4.69) is 10.1 Å². The van der Waals surface area contributed by atoms with Crippen LogP contribution in [0.3, 0.4) is 0 Å². The number of hydrogen-bond donors (Lipinski definition) is 0. The number of aromatic nitrogens is 2. The number of methoxy groups -OCH3 is 1. The zero-order valence-corrected chi connectivity index (χ0v) is 11.8. The van der Waals surface area contributed by atoms with Crippen LogP contribution in [0, 0.1) is 6.92 Å². The molecule has 0 radical (unpaired) electrons. The molecule has 1 aliphatic rings. The molecule has 0 bridgehead atoms. The quantitative estimate of drug-likeness (QED) is 0.761. The number of piperidine rings is 1. The molecule has 0 N–H and O–H groups in total. The Labute approximate surface area is 117 Å². The molecule has 1 amide bonds. The van der Waals surface area contributed by atoms with Crippen molar-refractivity contribution in [1.82, 2.24) is 15.0 Å². The summed E-state index contributed by atoms with van der Waals surface area (Å²) >= 11 is 0. The van der Waals surface area contributed by atoms with E-state index in [1.165, 1.54) is 7.11 Å². The van der Waals surface area contributed by atoms with Crippen LogP contribution in [0.5, 0.6) is 0 Å². The SMILES string of the molecule is COC(=O)C1CCCCN1C(=O)CCc1nc(C)no1. The van der Waals surface area contributed by atoms with Crippen molar-refractivity contribution >= 4 is 11.9 Å². The third-order valence-corrected chi connectivity index (χ3v) is 3.42. The molecule has 0 spiro atoms. The summed E-state index contributed by atoms with van der Waals surface area (Å²) in [5.41, 5.74) is 0. The van der Waals surface area contributed by atoms with Crippen LogP contribution in [0.1, 0.15) is 37.4 Å². The van der Waals surface area contributed by atoms with Gasteiger partial charge in [-0.2, -0.15) is 4.98 Å². The monoisotopic (exact) mass is 281 g/mol. The van der Waals surface area contributed by atoms with E-state index in [-0.39, 0.29) is 18.3 Å².